The van der Waals surface area contributed by atoms with Crippen LogP contribution in [0.15, 0.2) is 23.1 Å². The molecule has 6 heteroatoms. The van der Waals surface area contributed by atoms with Crippen molar-refractivity contribution in [2.75, 3.05) is 20.1 Å². The molecule has 5 nitrogen and oxygen atoms in total. The molecule has 0 N–H and O–H groups in total. The molecule has 1 aliphatic heterocycles. The predicted octanol–water partition coefficient (Wildman–Crippen LogP) is 2.79. The van der Waals surface area contributed by atoms with Crippen molar-refractivity contribution in [2.24, 2.45) is 0 Å². The van der Waals surface area contributed by atoms with Gasteiger partial charge in [0.1, 0.15) is 0 Å². The van der Waals surface area contributed by atoms with E-state index in [1.54, 1.807) is 23.1 Å². The van der Waals surface area contributed by atoms with E-state index in [4.69, 9.17) is 0 Å². The minimum absolute atomic E-state index is 0.0714. The average molecular weight is 350 g/mol. The third-order valence-electron chi connectivity index (χ3n) is 5.34. The van der Waals surface area contributed by atoms with Gasteiger partial charge in [-0.3, -0.25) is 4.79 Å². The van der Waals surface area contributed by atoms with Crippen LogP contribution >= 0.6 is 0 Å². The summed E-state index contributed by atoms with van der Waals surface area (Å²) in [6.45, 7) is 3.00. The number of sulfonamides is 1. The maximum atomic E-state index is 12.9. The van der Waals surface area contributed by atoms with Crippen LogP contribution in [0.4, 0.5) is 0 Å². The number of nitrogens with zero attached hydrogens (tertiary/aromatic N) is 2. The number of hydrogen-bond donors (Lipinski definition) is 0. The Morgan fingerprint density at radius 3 is 2.38 bits per heavy atom. The number of carbonyl (C=O) groups is 1. The van der Waals surface area contributed by atoms with Crippen molar-refractivity contribution in [1.29, 1.82) is 0 Å². The van der Waals surface area contributed by atoms with Gasteiger partial charge in [-0.05, 0) is 50.3 Å². The van der Waals surface area contributed by atoms with Crippen LogP contribution < -0.4 is 0 Å². The SMILES string of the molecule is Cc1ccc(S(=O)(=O)N2CCCC2)cc1C(=O)N(C)C1CCCC1. The van der Waals surface area contributed by atoms with E-state index in [9.17, 15) is 13.2 Å². The van der Waals surface area contributed by atoms with Crippen LogP contribution in [-0.4, -0.2) is 49.7 Å². The first-order valence-electron chi connectivity index (χ1n) is 8.79. The number of benzene rings is 1. The fourth-order valence-electron chi connectivity index (χ4n) is 3.72. The van der Waals surface area contributed by atoms with Crippen molar-refractivity contribution in [3.63, 3.8) is 0 Å². The molecule has 0 spiro atoms. The van der Waals surface area contributed by atoms with E-state index in [1.807, 2.05) is 14.0 Å². The molecule has 1 aromatic carbocycles. The van der Waals surface area contributed by atoms with E-state index in [0.29, 0.717) is 18.7 Å². The Balaban J connectivity index is 1.90. The fraction of sp³-hybridized carbons (Fsp3) is 0.611. The summed E-state index contributed by atoms with van der Waals surface area (Å²) in [6, 6.07) is 5.21. The molecule has 3 rings (SSSR count). The smallest absolute Gasteiger partial charge is 0.254 e. The first-order chi connectivity index (χ1) is 11.4. The fourth-order valence-corrected chi connectivity index (χ4v) is 5.26. The van der Waals surface area contributed by atoms with Crippen LogP contribution in [0.3, 0.4) is 0 Å². The van der Waals surface area contributed by atoms with Gasteiger partial charge < -0.3 is 4.90 Å². The van der Waals surface area contributed by atoms with Crippen LogP contribution in [0.25, 0.3) is 0 Å². The molecule has 0 bridgehead atoms. The summed E-state index contributed by atoms with van der Waals surface area (Å²) in [7, 11) is -1.66. The zero-order valence-corrected chi connectivity index (χ0v) is 15.3. The van der Waals surface area contributed by atoms with Crippen molar-refractivity contribution in [3.05, 3.63) is 29.3 Å². The van der Waals surface area contributed by atoms with E-state index in [-0.39, 0.29) is 16.8 Å². The topological polar surface area (TPSA) is 57.7 Å². The van der Waals surface area contributed by atoms with Crippen molar-refractivity contribution in [3.8, 4) is 0 Å². The summed E-state index contributed by atoms with van der Waals surface area (Å²) < 4.78 is 27.0. The van der Waals surface area contributed by atoms with Gasteiger partial charge >= 0.3 is 0 Å². The van der Waals surface area contributed by atoms with Gasteiger partial charge in [0, 0.05) is 31.7 Å². The normalized spacial score (nSPS) is 19.8. The summed E-state index contributed by atoms with van der Waals surface area (Å²) in [5.74, 6) is -0.0714. The van der Waals surface area contributed by atoms with Crippen LogP contribution in [0.1, 0.15) is 54.4 Å². The maximum absolute atomic E-state index is 12.9. The number of carbonyl (C=O) groups excluding carboxylic acids is 1. The lowest BCUT2D eigenvalue weighted by atomic mass is 10.1. The highest BCUT2D eigenvalue weighted by molar-refractivity contribution is 7.89. The molecular weight excluding hydrogens is 324 g/mol. The van der Waals surface area contributed by atoms with E-state index < -0.39 is 10.0 Å². The first kappa shape index (κ1) is 17.4. The molecule has 0 atom stereocenters. The lowest BCUT2D eigenvalue weighted by Gasteiger charge is -2.25. The lowest BCUT2D eigenvalue weighted by molar-refractivity contribution is 0.0734. The summed E-state index contributed by atoms with van der Waals surface area (Å²) >= 11 is 0. The van der Waals surface area contributed by atoms with Crippen LogP contribution in [0.5, 0.6) is 0 Å². The Labute approximate surface area is 144 Å². The summed E-state index contributed by atoms with van der Waals surface area (Å²) in [4.78, 5) is 14.9. The Bertz CT molecular complexity index is 718. The van der Waals surface area contributed by atoms with Gasteiger partial charge in [-0.15, -0.1) is 0 Å². The molecular formula is C18H26N2O3S. The summed E-state index contributed by atoms with van der Waals surface area (Å²) in [5.41, 5.74) is 1.33. The lowest BCUT2D eigenvalue weighted by Crippen LogP contribution is -2.35. The molecule has 1 amide bonds. The van der Waals surface area contributed by atoms with Gasteiger partial charge in [0.25, 0.3) is 5.91 Å². The minimum Gasteiger partial charge on any atom is -0.339 e. The molecule has 1 heterocycles. The molecule has 2 aliphatic rings. The molecule has 0 radical (unpaired) electrons. The van der Waals surface area contributed by atoms with Crippen molar-refractivity contribution < 1.29 is 13.2 Å². The van der Waals surface area contributed by atoms with Crippen molar-refractivity contribution in [1.82, 2.24) is 9.21 Å². The van der Waals surface area contributed by atoms with Crippen LogP contribution in [0, 0.1) is 6.92 Å². The van der Waals surface area contributed by atoms with Crippen molar-refractivity contribution >= 4 is 15.9 Å². The molecule has 132 valence electrons. The van der Waals surface area contributed by atoms with Crippen molar-refractivity contribution in [2.45, 2.75) is 56.4 Å². The molecule has 1 saturated heterocycles. The zero-order valence-electron chi connectivity index (χ0n) is 14.5. The van der Waals surface area contributed by atoms with Gasteiger partial charge in [0.05, 0.1) is 4.90 Å². The maximum Gasteiger partial charge on any atom is 0.254 e. The van der Waals surface area contributed by atoms with Gasteiger partial charge in [0.15, 0.2) is 0 Å². The second kappa shape index (κ2) is 6.84. The van der Waals surface area contributed by atoms with Crippen LogP contribution in [0.2, 0.25) is 0 Å². The molecule has 0 unspecified atom stereocenters. The summed E-state index contributed by atoms with van der Waals surface area (Å²) in [6.07, 6.45) is 6.19. The second-order valence-corrected chi connectivity index (χ2v) is 8.88. The number of aryl methyl sites for hydroxylation is 1. The van der Waals surface area contributed by atoms with Gasteiger partial charge in [0.2, 0.25) is 10.0 Å². The Hall–Kier alpha value is -1.40. The highest BCUT2D eigenvalue weighted by atomic mass is 32.2. The Kier molecular flexibility index (Phi) is 4.97. The molecule has 2 fully saturated rings. The highest BCUT2D eigenvalue weighted by Crippen LogP contribution is 2.27. The first-order valence-corrected chi connectivity index (χ1v) is 10.2. The van der Waals surface area contributed by atoms with E-state index >= 15 is 0 Å². The average Bonchev–Trinajstić information content (AvgIpc) is 3.27. The molecule has 1 aliphatic carbocycles. The highest BCUT2D eigenvalue weighted by Gasteiger charge is 2.30. The van der Waals surface area contributed by atoms with Crippen LogP contribution in [-0.2, 0) is 10.0 Å². The zero-order chi connectivity index (χ0) is 17.3. The predicted molar refractivity (Wildman–Crippen MR) is 93.5 cm³/mol. The molecule has 1 aromatic rings. The van der Waals surface area contributed by atoms with Gasteiger partial charge in [-0.1, -0.05) is 18.9 Å². The monoisotopic (exact) mass is 350 g/mol. The Morgan fingerprint density at radius 2 is 1.75 bits per heavy atom. The van der Waals surface area contributed by atoms with Gasteiger partial charge in [-0.25, -0.2) is 8.42 Å². The summed E-state index contributed by atoms with van der Waals surface area (Å²) in [5, 5.41) is 0. The van der Waals surface area contributed by atoms with E-state index in [0.717, 1.165) is 44.1 Å². The quantitative estimate of drug-likeness (QED) is 0.839. The number of amides is 1. The third-order valence-corrected chi connectivity index (χ3v) is 7.23. The van der Waals surface area contributed by atoms with Gasteiger partial charge in [-0.2, -0.15) is 4.31 Å². The second-order valence-electron chi connectivity index (χ2n) is 6.94. The largest absolute Gasteiger partial charge is 0.339 e. The molecule has 24 heavy (non-hydrogen) atoms. The van der Waals surface area contributed by atoms with E-state index in [2.05, 4.69) is 0 Å². The molecule has 0 aromatic heterocycles. The Morgan fingerprint density at radius 1 is 1.12 bits per heavy atom. The molecule has 1 saturated carbocycles. The number of rotatable bonds is 4. The van der Waals surface area contributed by atoms with E-state index in [1.165, 1.54) is 4.31 Å². The standard InChI is InChI=1S/C18H26N2O3S/c1-14-9-10-16(24(22,23)20-11-5-6-12-20)13-17(14)18(21)19(2)15-7-3-4-8-15/h9-10,13,15H,3-8,11-12H2,1-2H3. The minimum atomic E-state index is -3.49. The number of hydrogen-bond acceptors (Lipinski definition) is 3. The third kappa shape index (κ3) is 3.22.